The van der Waals surface area contributed by atoms with E-state index in [0.29, 0.717) is 11.6 Å². The van der Waals surface area contributed by atoms with Gasteiger partial charge in [-0.1, -0.05) is 0 Å². The molecule has 1 aromatic carbocycles. The Morgan fingerprint density at radius 3 is 2.55 bits per heavy atom. The number of ether oxygens (including phenoxy) is 2. The van der Waals surface area contributed by atoms with Gasteiger partial charge in [-0.25, -0.2) is 4.98 Å². The van der Waals surface area contributed by atoms with Crippen molar-refractivity contribution in [1.82, 2.24) is 4.98 Å². The highest BCUT2D eigenvalue weighted by Gasteiger charge is 2.18. The van der Waals surface area contributed by atoms with Crippen molar-refractivity contribution in [1.29, 1.82) is 0 Å². The highest BCUT2D eigenvalue weighted by Crippen LogP contribution is 2.27. The second-order valence-electron chi connectivity index (χ2n) is 4.19. The monoisotopic (exact) mass is 303 g/mol. The molecule has 0 fully saturated rings. The molecule has 0 radical (unpaired) electrons. The molecule has 0 aliphatic heterocycles. The Hall–Kier alpha value is -3.16. The molecular weight excluding hydrogens is 290 g/mol. The first kappa shape index (κ1) is 15.2. The topological polar surface area (TPSA) is 104 Å². The minimum Gasteiger partial charge on any atom is -0.490 e. The molecule has 0 aliphatic carbocycles. The lowest BCUT2D eigenvalue weighted by atomic mass is 10.1. The molecule has 0 saturated heterocycles. The van der Waals surface area contributed by atoms with Gasteiger partial charge in [0, 0.05) is 17.7 Å². The number of benzene rings is 1. The first-order valence-corrected chi connectivity index (χ1v) is 6.19. The molecule has 0 atom stereocenters. The van der Waals surface area contributed by atoms with E-state index in [9.17, 15) is 14.9 Å². The van der Waals surface area contributed by atoms with Crippen molar-refractivity contribution in [3.63, 3.8) is 0 Å². The summed E-state index contributed by atoms with van der Waals surface area (Å²) >= 11 is 0. The number of hydrogen-bond donors (Lipinski definition) is 1. The van der Waals surface area contributed by atoms with E-state index in [1.54, 1.807) is 12.1 Å². The second-order valence-corrected chi connectivity index (χ2v) is 4.19. The third-order valence-electron chi connectivity index (χ3n) is 2.84. The molecule has 1 N–H and O–H groups in total. The number of carbonyl (C=O) groups excluding carboxylic acids is 1. The molecule has 22 heavy (non-hydrogen) atoms. The fourth-order valence-corrected chi connectivity index (χ4v) is 1.75. The average Bonchev–Trinajstić information content (AvgIpc) is 2.54. The summed E-state index contributed by atoms with van der Waals surface area (Å²) in [4.78, 5) is 26.4. The lowest BCUT2D eigenvalue weighted by molar-refractivity contribution is -0.385. The van der Waals surface area contributed by atoms with Gasteiger partial charge >= 0.3 is 5.69 Å². The van der Waals surface area contributed by atoms with Crippen LogP contribution in [0.3, 0.4) is 0 Å². The number of nitrogens with one attached hydrogen (secondary N) is 1. The van der Waals surface area contributed by atoms with E-state index in [-0.39, 0.29) is 17.0 Å². The first-order valence-electron chi connectivity index (χ1n) is 6.19. The number of rotatable bonds is 5. The van der Waals surface area contributed by atoms with Crippen LogP contribution in [0.5, 0.6) is 11.6 Å². The largest absolute Gasteiger partial charge is 0.490 e. The van der Waals surface area contributed by atoms with Gasteiger partial charge in [0.15, 0.2) is 5.75 Å². The normalized spacial score (nSPS) is 9.91. The summed E-state index contributed by atoms with van der Waals surface area (Å²) in [6, 6.07) is 7.18. The van der Waals surface area contributed by atoms with Gasteiger partial charge in [0.05, 0.1) is 31.0 Å². The van der Waals surface area contributed by atoms with Crippen molar-refractivity contribution in [2.45, 2.75) is 0 Å². The van der Waals surface area contributed by atoms with E-state index in [1.807, 2.05) is 0 Å². The number of nitro benzene ring substituents is 1. The van der Waals surface area contributed by atoms with Crippen LogP contribution in [-0.4, -0.2) is 30.0 Å². The van der Waals surface area contributed by atoms with Crippen LogP contribution in [0.15, 0.2) is 36.5 Å². The van der Waals surface area contributed by atoms with Gasteiger partial charge in [0.25, 0.3) is 5.91 Å². The zero-order chi connectivity index (χ0) is 16.1. The number of nitro groups is 1. The highest BCUT2D eigenvalue weighted by molar-refractivity contribution is 6.04. The molecule has 0 spiro atoms. The molecular formula is C14H13N3O5. The molecule has 8 heteroatoms. The Labute approximate surface area is 125 Å². The van der Waals surface area contributed by atoms with Crippen molar-refractivity contribution in [2.75, 3.05) is 19.5 Å². The quantitative estimate of drug-likeness (QED) is 0.671. The van der Waals surface area contributed by atoms with E-state index in [0.717, 1.165) is 6.07 Å². The maximum Gasteiger partial charge on any atom is 0.311 e. The van der Waals surface area contributed by atoms with Crippen LogP contribution in [-0.2, 0) is 0 Å². The number of hydrogen-bond acceptors (Lipinski definition) is 6. The number of anilines is 1. The fraction of sp³-hybridized carbons (Fsp3) is 0.143. The first-order chi connectivity index (χ1) is 10.5. The Kier molecular flexibility index (Phi) is 4.52. The van der Waals surface area contributed by atoms with Crippen molar-refractivity contribution < 1.29 is 19.2 Å². The zero-order valence-corrected chi connectivity index (χ0v) is 11.9. The molecule has 1 amide bonds. The summed E-state index contributed by atoms with van der Waals surface area (Å²) in [7, 11) is 2.81. The molecule has 2 aromatic rings. The predicted octanol–water partition coefficient (Wildman–Crippen LogP) is 2.26. The van der Waals surface area contributed by atoms with Crippen molar-refractivity contribution >= 4 is 17.3 Å². The summed E-state index contributed by atoms with van der Waals surface area (Å²) in [6.45, 7) is 0. The Balaban J connectivity index is 2.21. The summed E-state index contributed by atoms with van der Waals surface area (Å²) in [6.07, 6.45) is 1.43. The van der Waals surface area contributed by atoms with E-state index < -0.39 is 10.8 Å². The molecule has 114 valence electrons. The summed E-state index contributed by atoms with van der Waals surface area (Å²) in [5.41, 5.74) is 0.315. The minimum absolute atomic E-state index is 0.0904. The number of carbonyl (C=O) groups is 1. The molecule has 1 aromatic heterocycles. The lowest BCUT2D eigenvalue weighted by Crippen LogP contribution is -2.12. The summed E-state index contributed by atoms with van der Waals surface area (Å²) < 4.78 is 9.80. The molecule has 2 rings (SSSR count). The van der Waals surface area contributed by atoms with Crippen LogP contribution in [0, 0.1) is 10.1 Å². The smallest absolute Gasteiger partial charge is 0.311 e. The third kappa shape index (κ3) is 3.29. The molecule has 0 unspecified atom stereocenters. The highest BCUT2D eigenvalue weighted by atomic mass is 16.6. The predicted molar refractivity (Wildman–Crippen MR) is 78.4 cm³/mol. The molecule has 8 nitrogen and oxygen atoms in total. The van der Waals surface area contributed by atoms with Gasteiger partial charge in [-0.05, 0) is 18.2 Å². The summed E-state index contributed by atoms with van der Waals surface area (Å²) in [5.74, 6) is 0.0171. The molecule has 1 heterocycles. The van der Waals surface area contributed by atoms with E-state index in [1.165, 1.54) is 32.5 Å². The standard InChI is InChI=1S/C14H13N3O5/c1-21-12-5-3-9(7-11(12)17(19)20)14(18)16-10-4-6-13(22-2)15-8-10/h3-8H,1-2H3,(H,16,18). The van der Waals surface area contributed by atoms with Gasteiger partial charge in [-0.3, -0.25) is 14.9 Å². The van der Waals surface area contributed by atoms with Crippen molar-refractivity contribution in [2.24, 2.45) is 0 Å². The minimum atomic E-state index is -0.607. The number of pyridine rings is 1. The van der Waals surface area contributed by atoms with E-state index in [4.69, 9.17) is 9.47 Å². The Bertz CT molecular complexity index is 700. The number of methoxy groups -OCH3 is 2. The van der Waals surface area contributed by atoms with Crippen LogP contribution in [0.1, 0.15) is 10.4 Å². The van der Waals surface area contributed by atoms with Crippen LogP contribution in [0.25, 0.3) is 0 Å². The van der Waals surface area contributed by atoms with Gasteiger partial charge in [-0.15, -0.1) is 0 Å². The van der Waals surface area contributed by atoms with E-state index in [2.05, 4.69) is 10.3 Å². The van der Waals surface area contributed by atoms with E-state index >= 15 is 0 Å². The fourth-order valence-electron chi connectivity index (χ4n) is 1.75. The Morgan fingerprint density at radius 1 is 1.23 bits per heavy atom. The van der Waals surface area contributed by atoms with Crippen molar-refractivity contribution in [3.05, 3.63) is 52.2 Å². The average molecular weight is 303 g/mol. The summed E-state index contributed by atoms with van der Waals surface area (Å²) in [5, 5.41) is 13.5. The van der Waals surface area contributed by atoms with Gasteiger partial charge < -0.3 is 14.8 Å². The van der Waals surface area contributed by atoms with Crippen LogP contribution in [0.2, 0.25) is 0 Å². The zero-order valence-electron chi connectivity index (χ0n) is 11.9. The number of amides is 1. The maximum atomic E-state index is 12.1. The van der Waals surface area contributed by atoms with Crippen LogP contribution in [0.4, 0.5) is 11.4 Å². The maximum absolute atomic E-state index is 12.1. The van der Waals surface area contributed by atoms with Gasteiger partial charge in [0.2, 0.25) is 5.88 Å². The lowest BCUT2D eigenvalue weighted by Gasteiger charge is -2.07. The van der Waals surface area contributed by atoms with Crippen LogP contribution < -0.4 is 14.8 Å². The second kappa shape index (κ2) is 6.53. The molecule has 0 saturated carbocycles. The van der Waals surface area contributed by atoms with Crippen molar-refractivity contribution in [3.8, 4) is 11.6 Å². The molecule has 0 aliphatic rings. The molecule has 0 bridgehead atoms. The SMILES string of the molecule is COc1ccc(NC(=O)c2ccc(OC)c([N+](=O)[O-])c2)cn1. The third-order valence-corrected chi connectivity index (χ3v) is 2.84. The number of nitrogens with zero attached hydrogens (tertiary/aromatic N) is 2. The Morgan fingerprint density at radius 2 is 2.00 bits per heavy atom. The van der Waals surface area contributed by atoms with Gasteiger partial charge in [-0.2, -0.15) is 0 Å². The van der Waals surface area contributed by atoms with Crippen LogP contribution >= 0.6 is 0 Å². The van der Waals surface area contributed by atoms with Gasteiger partial charge in [0.1, 0.15) is 0 Å². The number of aromatic nitrogens is 1.